The van der Waals surface area contributed by atoms with Crippen LogP contribution in [0.3, 0.4) is 0 Å². The molecule has 3 atom stereocenters. The molecule has 1 saturated heterocycles. The zero-order valence-corrected chi connectivity index (χ0v) is 31.2. The molecule has 4 bridgehead atoms. The number of carbonyl (C=O) groups excluding carboxylic acids is 1. The smallest absolute Gasteiger partial charge is 0.264 e. The molecule has 12 nitrogen and oxygen atoms in total. The number of nitrogens with one attached hydrogen (secondary N) is 1. The van der Waals surface area contributed by atoms with E-state index in [4.69, 9.17) is 14.5 Å². The summed E-state index contributed by atoms with van der Waals surface area (Å²) in [5.74, 6) is 0.442. The number of ether oxygens (including phenoxy) is 2. The van der Waals surface area contributed by atoms with Gasteiger partial charge in [-0.1, -0.05) is 45.0 Å². The number of methoxy groups -OCH3 is 1. The highest BCUT2D eigenvalue weighted by atomic mass is 32.2. The second-order valence-electron chi connectivity index (χ2n) is 14.8. The van der Waals surface area contributed by atoms with Gasteiger partial charge < -0.3 is 19.3 Å². The molecule has 4 aromatic rings. The zero-order chi connectivity index (χ0) is 36.5. The van der Waals surface area contributed by atoms with Crippen LogP contribution < -0.4 is 14.4 Å². The predicted octanol–water partition coefficient (Wildman–Crippen LogP) is 6.19. The average molecular weight is 714 g/mol. The fourth-order valence-corrected chi connectivity index (χ4v) is 8.15. The van der Waals surface area contributed by atoms with Gasteiger partial charge in [0.05, 0.1) is 53.9 Å². The molecule has 0 aliphatic carbocycles. The first-order valence-electron chi connectivity index (χ1n) is 17.3. The summed E-state index contributed by atoms with van der Waals surface area (Å²) in [4.78, 5) is 37.2. The Kier molecular flexibility index (Phi) is 10.3. The minimum atomic E-state index is -4.19. The first-order valence-corrected chi connectivity index (χ1v) is 18.8. The summed E-state index contributed by atoms with van der Waals surface area (Å²) in [6.45, 7) is 13.3. The minimum absolute atomic E-state index is 0.0857. The van der Waals surface area contributed by atoms with Crippen LogP contribution in [0.4, 0.5) is 11.8 Å². The van der Waals surface area contributed by atoms with E-state index in [1.165, 1.54) is 12.1 Å². The number of nitrogens with zero attached hydrogens (tertiary/aromatic N) is 6. The number of benzene rings is 2. The second kappa shape index (κ2) is 14.5. The summed E-state index contributed by atoms with van der Waals surface area (Å²) >= 11 is 0. The van der Waals surface area contributed by atoms with Crippen LogP contribution >= 0.6 is 0 Å². The number of rotatable bonds is 7. The van der Waals surface area contributed by atoms with Crippen molar-refractivity contribution in [2.75, 3.05) is 29.9 Å². The van der Waals surface area contributed by atoms with Crippen LogP contribution in [0.25, 0.3) is 11.3 Å². The van der Waals surface area contributed by atoms with Gasteiger partial charge in [-0.25, -0.2) is 23.1 Å². The largest absolute Gasteiger partial charge is 0.475 e. The molecule has 0 spiro atoms. The molecular weight excluding hydrogens is 667 g/mol. The van der Waals surface area contributed by atoms with Gasteiger partial charge in [0.1, 0.15) is 12.4 Å². The molecule has 1 amide bonds. The Morgan fingerprint density at radius 2 is 1.73 bits per heavy atom. The maximum atomic E-state index is 14.6. The lowest BCUT2D eigenvalue weighted by atomic mass is 9.87. The van der Waals surface area contributed by atoms with Crippen LogP contribution in [-0.4, -0.2) is 77.6 Å². The van der Waals surface area contributed by atoms with E-state index < -0.39 is 16.1 Å². The molecule has 0 unspecified atom stereocenters. The quantitative estimate of drug-likeness (QED) is 0.236. The number of fused-ring (bicyclic) bond motifs is 4. The van der Waals surface area contributed by atoms with Crippen molar-refractivity contribution in [2.24, 2.45) is 5.41 Å². The lowest BCUT2D eigenvalue weighted by Crippen LogP contribution is -2.45. The van der Waals surface area contributed by atoms with Crippen LogP contribution in [0.5, 0.6) is 5.88 Å². The Hall–Kier alpha value is -4.62. The number of aryl methyl sites for hydroxylation is 2. The van der Waals surface area contributed by atoms with E-state index in [1.54, 1.807) is 42.6 Å². The SMILES string of the molecule is COC[C@H]1CC[C@@H](C)N1c1cncc(CN2C(=O)c3cccc(c3)S(=O)(=O)Nc3nc(cc(-c4c(C)cccc4C)n3)OC[C@H]2CC(C)(C)C)n1. The maximum absolute atomic E-state index is 14.6. The zero-order valence-electron chi connectivity index (χ0n) is 30.4. The molecule has 2 aromatic heterocycles. The number of sulfonamides is 1. The highest BCUT2D eigenvalue weighted by molar-refractivity contribution is 7.92. The van der Waals surface area contributed by atoms with Crippen LogP contribution in [0, 0.1) is 19.3 Å². The number of hydrogen-bond acceptors (Lipinski definition) is 10. The third kappa shape index (κ3) is 8.15. The molecule has 2 aromatic carbocycles. The first-order chi connectivity index (χ1) is 24.2. The van der Waals surface area contributed by atoms with E-state index in [9.17, 15) is 13.2 Å². The van der Waals surface area contributed by atoms with E-state index in [1.807, 2.05) is 32.0 Å². The van der Waals surface area contributed by atoms with Gasteiger partial charge in [-0.15, -0.1) is 0 Å². The molecule has 4 heterocycles. The van der Waals surface area contributed by atoms with Gasteiger partial charge in [0.25, 0.3) is 15.9 Å². The van der Waals surface area contributed by atoms with Crippen LogP contribution in [-0.2, 0) is 21.3 Å². The highest BCUT2D eigenvalue weighted by Gasteiger charge is 2.34. The summed E-state index contributed by atoms with van der Waals surface area (Å²) < 4.78 is 42.0. The first kappa shape index (κ1) is 36.2. The number of anilines is 2. The normalized spacial score (nSPS) is 20.5. The van der Waals surface area contributed by atoms with Crippen molar-refractivity contribution in [2.45, 2.75) is 90.4 Å². The molecule has 2 aliphatic rings. The summed E-state index contributed by atoms with van der Waals surface area (Å²) in [6, 6.07) is 13.7. The van der Waals surface area contributed by atoms with Gasteiger partial charge in [0.2, 0.25) is 11.8 Å². The second-order valence-corrected chi connectivity index (χ2v) is 16.5. The summed E-state index contributed by atoms with van der Waals surface area (Å²) in [5.41, 5.74) is 3.94. The Morgan fingerprint density at radius 3 is 2.45 bits per heavy atom. The van der Waals surface area contributed by atoms with Gasteiger partial charge in [-0.2, -0.15) is 4.98 Å². The van der Waals surface area contributed by atoms with Crippen molar-refractivity contribution in [3.63, 3.8) is 0 Å². The van der Waals surface area contributed by atoms with Gasteiger partial charge in [-0.3, -0.25) is 9.78 Å². The van der Waals surface area contributed by atoms with Gasteiger partial charge >= 0.3 is 0 Å². The summed E-state index contributed by atoms with van der Waals surface area (Å²) in [5, 5.41) is 0. The van der Waals surface area contributed by atoms with E-state index in [0.29, 0.717) is 24.4 Å². The molecule has 1 fully saturated rings. The molecule has 1 N–H and O–H groups in total. The van der Waals surface area contributed by atoms with Crippen LogP contribution in [0.2, 0.25) is 0 Å². The Morgan fingerprint density at radius 1 is 0.980 bits per heavy atom. The third-order valence-electron chi connectivity index (χ3n) is 9.44. The van der Waals surface area contributed by atoms with Crippen molar-refractivity contribution in [3.8, 4) is 17.1 Å². The van der Waals surface area contributed by atoms with Crippen molar-refractivity contribution in [1.29, 1.82) is 0 Å². The fraction of sp³-hybridized carbons (Fsp3) is 0.447. The van der Waals surface area contributed by atoms with Crippen molar-refractivity contribution in [3.05, 3.63) is 83.3 Å². The third-order valence-corrected chi connectivity index (χ3v) is 10.8. The van der Waals surface area contributed by atoms with E-state index in [2.05, 4.69) is 52.3 Å². The van der Waals surface area contributed by atoms with Crippen LogP contribution in [0.1, 0.15) is 74.1 Å². The van der Waals surface area contributed by atoms with E-state index >= 15 is 0 Å². The maximum Gasteiger partial charge on any atom is 0.264 e. The Bertz CT molecular complexity index is 1990. The molecule has 270 valence electrons. The van der Waals surface area contributed by atoms with Crippen molar-refractivity contribution < 1.29 is 22.7 Å². The van der Waals surface area contributed by atoms with Gasteiger partial charge in [-0.05, 0) is 74.8 Å². The van der Waals surface area contributed by atoms with E-state index in [0.717, 1.165) is 35.3 Å². The monoisotopic (exact) mass is 713 g/mol. The Labute approximate surface area is 300 Å². The number of hydrogen-bond donors (Lipinski definition) is 1. The van der Waals surface area contributed by atoms with E-state index in [-0.39, 0.29) is 58.8 Å². The molecule has 2 aliphatic heterocycles. The fourth-order valence-electron chi connectivity index (χ4n) is 7.16. The molecule has 6 rings (SSSR count). The van der Waals surface area contributed by atoms with Crippen LogP contribution in [0.15, 0.2) is 65.8 Å². The molecule has 0 saturated carbocycles. The highest BCUT2D eigenvalue weighted by Crippen LogP contribution is 2.33. The molecular formula is C38H47N7O5S. The molecule has 13 heteroatoms. The average Bonchev–Trinajstić information content (AvgIpc) is 3.44. The minimum Gasteiger partial charge on any atom is -0.475 e. The van der Waals surface area contributed by atoms with Crippen molar-refractivity contribution >= 4 is 27.7 Å². The summed E-state index contributed by atoms with van der Waals surface area (Å²) in [6.07, 6.45) is 6.01. The lowest BCUT2D eigenvalue weighted by Gasteiger charge is -2.36. The van der Waals surface area contributed by atoms with Crippen molar-refractivity contribution in [1.82, 2.24) is 24.8 Å². The number of amides is 1. The number of aromatic nitrogens is 4. The predicted molar refractivity (Wildman–Crippen MR) is 196 cm³/mol. The molecule has 51 heavy (non-hydrogen) atoms. The van der Waals surface area contributed by atoms with Gasteiger partial charge in [0.15, 0.2) is 0 Å². The lowest BCUT2D eigenvalue weighted by molar-refractivity contribution is 0.0509. The summed E-state index contributed by atoms with van der Waals surface area (Å²) in [7, 11) is -2.49. The standard InChI is InChI=1S/C38H47N7O5S/c1-24-10-8-11-25(2)35(24)32-17-34-42-37(41-32)43-51(47,48)31-13-9-12-27(16-31)36(46)44(30(23-50-34)18-38(4,5)6)21-28-19-39-20-33(40-28)45-26(3)14-15-29(45)22-49-7/h8-13,16-17,19-20,26,29-30H,14-15,18,21-23H2,1-7H3,(H,41,42,43)/t26-,29-,30-/m1/s1. The van der Waals surface area contributed by atoms with Gasteiger partial charge in [0, 0.05) is 30.3 Å². The Balaban J connectivity index is 1.46. The molecule has 0 radical (unpaired) electrons. The number of carbonyl (C=O) groups is 1. The topological polar surface area (TPSA) is 140 Å².